The van der Waals surface area contributed by atoms with Gasteiger partial charge in [-0.25, -0.2) is 4.98 Å². The molecule has 0 aliphatic rings. The van der Waals surface area contributed by atoms with E-state index in [4.69, 9.17) is 5.73 Å². The van der Waals surface area contributed by atoms with Gasteiger partial charge in [0.05, 0.1) is 0 Å². The molecule has 2 rings (SSSR count). The Bertz CT molecular complexity index is 532. The quantitative estimate of drug-likeness (QED) is 0.594. The molecule has 0 atom stereocenters. The van der Waals surface area contributed by atoms with Crippen LogP contribution in [0.3, 0.4) is 0 Å². The first-order valence-corrected chi connectivity index (χ1v) is 4.55. The van der Waals surface area contributed by atoms with E-state index < -0.39 is 4.92 Å². The van der Waals surface area contributed by atoms with Crippen molar-refractivity contribution in [2.45, 2.75) is 13.3 Å². The topological polar surface area (TPSA) is 86.5 Å². The van der Waals surface area contributed by atoms with E-state index in [0.717, 1.165) is 0 Å². The average Bonchev–Trinajstić information content (AvgIpc) is 2.57. The number of nitrogens with zero attached hydrogens (tertiary/aromatic N) is 3. The highest BCUT2D eigenvalue weighted by Gasteiger charge is 2.22. The van der Waals surface area contributed by atoms with Crippen molar-refractivity contribution in [1.29, 1.82) is 0 Å². The smallest absolute Gasteiger partial charge is 0.352 e. The number of nitro groups is 1. The third-order valence-electron chi connectivity index (χ3n) is 2.23. The minimum atomic E-state index is -0.449. The summed E-state index contributed by atoms with van der Waals surface area (Å²) in [5, 5.41) is 10.9. The number of nitrogen functional groups attached to an aromatic ring is 1. The molecule has 0 aliphatic heterocycles. The number of aromatic nitrogens is 2. The van der Waals surface area contributed by atoms with Crippen LogP contribution >= 0.6 is 0 Å². The molecule has 78 valence electrons. The molecule has 6 heteroatoms. The van der Waals surface area contributed by atoms with Crippen LogP contribution in [0.5, 0.6) is 0 Å². The maximum Gasteiger partial charge on any atom is 0.352 e. The molecule has 0 amide bonds. The summed E-state index contributed by atoms with van der Waals surface area (Å²) in [4.78, 5) is 14.6. The van der Waals surface area contributed by atoms with E-state index in [9.17, 15) is 10.1 Å². The molecule has 2 heterocycles. The lowest BCUT2D eigenvalue weighted by atomic mass is 10.3. The number of fused-ring (bicyclic) bond motifs is 1. The van der Waals surface area contributed by atoms with E-state index in [1.807, 2.05) is 6.92 Å². The van der Waals surface area contributed by atoms with Gasteiger partial charge in [-0.2, -0.15) is 4.40 Å². The first-order valence-electron chi connectivity index (χ1n) is 4.55. The summed E-state index contributed by atoms with van der Waals surface area (Å²) in [6, 6.07) is 5.03. The second-order valence-corrected chi connectivity index (χ2v) is 3.14. The molecule has 2 aromatic heterocycles. The van der Waals surface area contributed by atoms with Crippen molar-refractivity contribution in [2.75, 3.05) is 5.73 Å². The van der Waals surface area contributed by atoms with Crippen LogP contribution in [0.25, 0.3) is 5.65 Å². The van der Waals surface area contributed by atoms with Crippen LogP contribution in [0.15, 0.2) is 18.2 Å². The maximum absolute atomic E-state index is 10.9. The molecule has 0 unspecified atom stereocenters. The number of anilines is 1. The first-order chi connectivity index (χ1) is 7.15. The standard InChI is InChI=1S/C9H10N4O2/c1-2-6-9(13(14)15)12-7(10)4-3-5-8(12)11-6/h3-5H,2,10H2,1H3. The van der Waals surface area contributed by atoms with Gasteiger partial charge in [-0.3, -0.25) is 0 Å². The van der Waals surface area contributed by atoms with Crippen molar-refractivity contribution < 1.29 is 4.92 Å². The van der Waals surface area contributed by atoms with Gasteiger partial charge in [0.15, 0.2) is 5.82 Å². The molecular formula is C9H10N4O2. The molecule has 6 nitrogen and oxygen atoms in total. The van der Waals surface area contributed by atoms with Gasteiger partial charge in [-0.15, -0.1) is 0 Å². The SMILES string of the molecule is CCc1nc2cccc(N)n2c1[N+](=O)[O-]. The summed E-state index contributed by atoms with van der Waals surface area (Å²) in [5.74, 6) is 0.289. The minimum absolute atomic E-state index is 0.0365. The molecule has 2 aromatic rings. The number of pyridine rings is 1. The molecule has 0 bridgehead atoms. The number of aryl methyl sites for hydroxylation is 1. The van der Waals surface area contributed by atoms with E-state index in [1.54, 1.807) is 18.2 Å². The Kier molecular flexibility index (Phi) is 2.03. The third kappa shape index (κ3) is 1.30. The van der Waals surface area contributed by atoms with Crippen molar-refractivity contribution >= 4 is 17.3 Å². The summed E-state index contributed by atoms with van der Waals surface area (Å²) < 4.78 is 1.36. The highest BCUT2D eigenvalue weighted by atomic mass is 16.6. The third-order valence-corrected chi connectivity index (χ3v) is 2.23. The molecule has 0 fully saturated rings. The Morgan fingerprint density at radius 2 is 2.33 bits per heavy atom. The molecule has 0 saturated heterocycles. The second kappa shape index (κ2) is 3.23. The van der Waals surface area contributed by atoms with Crippen molar-refractivity contribution in [3.8, 4) is 0 Å². The molecule has 0 spiro atoms. The number of imidazole rings is 1. The van der Waals surface area contributed by atoms with Crippen LogP contribution in [0, 0.1) is 10.1 Å². The predicted octanol–water partition coefficient (Wildman–Crippen LogP) is 1.39. The Morgan fingerprint density at radius 1 is 1.60 bits per heavy atom. The van der Waals surface area contributed by atoms with Crippen molar-refractivity contribution in [1.82, 2.24) is 9.38 Å². The minimum Gasteiger partial charge on any atom is -0.366 e. The molecule has 0 aromatic carbocycles. The largest absolute Gasteiger partial charge is 0.366 e. The van der Waals surface area contributed by atoms with Crippen LogP contribution in [-0.4, -0.2) is 14.3 Å². The van der Waals surface area contributed by atoms with Crippen LogP contribution in [0.2, 0.25) is 0 Å². The lowest BCUT2D eigenvalue weighted by Gasteiger charge is -1.97. The van der Waals surface area contributed by atoms with Crippen molar-refractivity contribution in [3.63, 3.8) is 0 Å². The maximum atomic E-state index is 10.9. The van der Waals surface area contributed by atoms with Gasteiger partial charge in [-0.05, 0) is 11.3 Å². The van der Waals surface area contributed by atoms with Crippen LogP contribution in [0.4, 0.5) is 11.6 Å². The Labute approximate surface area is 85.5 Å². The summed E-state index contributed by atoms with van der Waals surface area (Å²) in [6.07, 6.45) is 0.511. The summed E-state index contributed by atoms with van der Waals surface area (Å²) in [5.41, 5.74) is 6.65. The van der Waals surface area contributed by atoms with Gasteiger partial charge in [0.1, 0.15) is 5.69 Å². The highest BCUT2D eigenvalue weighted by molar-refractivity contribution is 5.56. The van der Waals surface area contributed by atoms with Crippen LogP contribution in [0.1, 0.15) is 12.6 Å². The Hall–Kier alpha value is -2.11. The fourth-order valence-corrected chi connectivity index (χ4v) is 1.57. The van der Waals surface area contributed by atoms with Crippen molar-refractivity contribution in [2.24, 2.45) is 0 Å². The number of hydrogen-bond donors (Lipinski definition) is 1. The highest BCUT2D eigenvalue weighted by Crippen LogP contribution is 2.23. The summed E-state index contributed by atoms with van der Waals surface area (Å²) in [7, 11) is 0. The molecule has 0 aliphatic carbocycles. The number of hydrogen-bond acceptors (Lipinski definition) is 4. The summed E-state index contributed by atoms with van der Waals surface area (Å²) >= 11 is 0. The predicted molar refractivity (Wildman–Crippen MR) is 55.6 cm³/mol. The van der Waals surface area contributed by atoms with E-state index in [0.29, 0.717) is 23.6 Å². The molecule has 2 N–H and O–H groups in total. The van der Waals surface area contributed by atoms with Gasteiger partial charge in [0.2, 0.25) is 5.65 Å². The van der Waals surface area contributed by atoms with Gasteiger partial charge < -0.3 is 15.8 Å². The van der Waals surface area contributed by atoms with E-state index in [2.05, 4.69) is 4.98 Å². The fraction of sp³-hybridized carbons (Fsp3) is 0.222. The van der Waals surface area contributed by atoms with Crippen LogP contribution < -0.4 is 5.73 Å². The molecule has 15 heavy (non-hydrogen) atoms. The first kappa shape index (κ1) is 9.45. The zero-order valence-corrected chi connectivity index (χ0v) is 8.17. The second-order valence-electron chi connectivity index (χ2n) is 3.14. The fourth-order valence-electron chi connectivity index (χ4n) is 1.57. The van der Waals surface area contributed by atoms with Gasteiger partial charge in [-0.1, -0.05) is 13.0 Å². The Morgan fingerprint density at radius 3 is 2.93 bits per heavy atom. The molecule has 0 radical (unpaired) electrons. The van der Waals surface area contributed by atoms with Gasteiger partial charge in [0.25, 0.3) is 0 Å². The summed E-state index contributed by atoms with van der Waals surface area (Å²) in [6.45, 7) is 1.82. The lowest BCUT2D eigenvalue weighted by molar-refractivity contribution is -0.390. The monoisotopic (exact) mass is 206 g/mol. The van der Waals surface area contributed by atoms with E-state index in [1.165, 1.54) is 4.40 Å². The van der Waals surface area contributed by atoms with Crippen molar-refractivity contribution in [3.05, 3.63) is 34.0 Å². The zero-order chi connectivity index (χ0) is 11.0. The number of nitrogens with two attached hydrogens (primary N) is 1. The van der Waals surface area contributed by atoms with E-state index in [-0.39, 0.29) is 5.82 Å². The molecule has 0 saturated carbocycles. The molecular weight excluding hydrogens is 196 g/mol. The zero-order valence-electron chi connectivity index (χ0n) is 8.17. The van der Waals surface area contributed by atoms with Gasteiger partial charge in [0, 0.05) is 12.1 Å². The van der Waals surface area contributed by atoms with Crippen LogP contribution in [-0.2, 0) is 6.42 Å². The lowest BCUT2D eigenvalue weighted by Crippen LogP contribution is -2.01. The van der Waals surface area contributed by atoms with Gasteiger partial charge >= 0.3 is 5.82 Å². The number of rotatable bonds is 2. The Balaban J connectivity index is 2.88. The average molecular weight is 206 g/mol. The van der Waals surface area contributed by atoms with E-state index >= 15 is 0 Å². The normalized spacial score (nSPS) is 10.7.